The van der Waals surface area contributed by atoms with Gasteiger partial charge in [0.15, 0.2) is 0 Å². The monoisotopic (exact) mass is 158 g/mol. The first-order valence-electron chi connectivity index (χ1n) is 3.75. The number of hydrogen-bond donors (Lipinski definition) is 2. The lowest BCUT2D eigenvalue weighted by atomic mass is 10.1. The van der Waals surface area contributed by atoms with E-state index in [0.29, 0.717) is 6.42 Å². The van der Waals surface area contributed by atoms with Gasteiger partial charge in [-0.05, 0) is 13.0 Å². The summed E-state index contributed by atoms with van der Waals surface area (Å²) >= 11 is 0. The number of likely N-dealkylation sites (N-methyl/N-ethyl adjacent to an activating group) is 1. The van der Waals surface area contributed by atoms with E-state index in [1.807, 2.05) is 0 Å². The molecule has 4 heteroatoms. The Labute approximate surface area is 66.2 Å². The van der Waals surface area contributed by atoms with Crippen molar-refractivity contribution in [3.05, 3.63) is 0 Å². The zero-order valence-corrected chi connectivity index (χ0v) is 6.87. The largest absolute Gasteiger partial charge is 0.391 e. The van der Waals surface area contributed by atoms with Crippen LogP contribution in [-0.2, 0) is 4.79 Å². The van der Waals surface area contributed by atoms with Gasteiger partial charge in [-0.2, -0.15) is 0 Å². The van der Waals surface area contributed by atoms with Crippen LogP contribution in [0.15, 0.2) is 0 Å². The number of carbonyl (C=O) groups is 1. The van der Waals surface area contributed by atoms with Crippen molar-refractivity contribution in [1.29, 1.82) is 0 Å². The summed E-state index contributed by atoms with van der Waals surface area (Å²) in [5.74, 6) is -0.0463. The number of nitrogens with one attached hydrogen (secondary N) is 1. The standard InChI is InChI=1S/C7H14N2O2/c1-9(2)7(11)6-5(10)3-4-8-6/h5-6,8,10H,3-4H2,1-2H3/t5-,6-/m0/s1. The molecule has 1 aliphatic rings. The van der Waals surface area contributed by atoms with Gasteiger partial charge in [0.05, 0.1) is 6.10 Å². The Morgan fingerprint density at radius 3 is 2.64 bits per heavy atom. The minimum Gasteiger partial charge on any atom is -0.391 e. The number of carbonyl (C=O) groups excluding carboxylic acids is 1. The first-order valence-corrected chi connectivity index (χ1v) is 3.75. The lowest BCUT2D eigenvalue weighted by Crippen LogP contribution is -2.45. The van der Waals surface area contributed by atoms with Crippen LogP contribution >= 0.6 is 0 Å². The third-order valence-electron chi connectivity index (χ3n) is 1.90. The number of aliphatic hydroxyl groups is 1. The molecule has 0 unspecified atom stereocenters. The predicted octanol–water partition coefficient (Wildman–Crippen LogP) is -1.20. The Balaban J connectivity index is 2.53. The summed E-state index contributed by atoms with van der Waals surface area (Å²) in [7, 11) is 3.38. The Hall–Kier alpha value is -0.610. The van der Waals surface area contributed by atoms with Crippen LogP contribution in [-0.4, -0.2) is 48.7 Å². The minimum atomic E-state index is -0.509. The summed E-state index contributed by atoms with van der Waals surface area (Å²) in [5, 5.41) is 12.2. The molecule has 1 amide bonds. The molecule has 1 saturated heterocycles. The van der Waals surface area contributed by atoms with Crippen molar-refractivity contribution in [2.24, 2.45) is 0 Å². The average molecular weight is 158 g/mol. The van der Waals surface area contributed by atoms with Crippen LogP contribution < -0.4 is 5.32 Å². The smallest absolute Gasteiger partial charge is 0.241 e. The SMILES string of the molecule is CN(C)C(=O)[C@H]1NCC[C@@H]1O. The molecule has 0 aromatic heterocycles. The summed E-state index contributed by atoms with van der Waals surface area (Å²) in [4.78, 5) is 12.8. The highest BCUT2D eigenvalue weighted by atomic mass is 16.3. The van der Waals surface area contributed by atoms with E-state index in [-0.39, 0.29) is 11.9 Å². The van der Waals surface area contributed by atoms with E-state index >= 15 is 0 Å². The number of hydrogen-bond acceptors (Lipinski definition) is 3. The molecule has 1 aliphatic heterocycles. The molecule has 0 saturated carbocycles. The molecule has 0 bridgehead atoms. The fraction of sp³-hybridized carbons (Fsp3) is 0.857. The van der Waals surface area contributed by atoms with Crippen LogP contribution in [0.25, 0.3) is 0 Å². The molecule has 4 nitrogen and oxygen atoms in total. The molecule has 2 N–H and O–H groups in total. The van der Waals surface area contributed by atoms with Crippen molar-refractivity contribution in [3.8, 4) is 0 Å². The number of nitrogens with zero attached hydrogens (tertiary/aromatic N) is 1. The van der Waals surface area contributed by atoms with Crippen molar-refractivity contribution in [3.63, 3.8) is 0 Å². The summed E-state index contributed by atoms with van der Waals surface area (Å²) < 4.78 is 0. The van der Waals surface area contributed by atoms with Gasteiger partial charge in [0.2, 0.25) is 5.91 Å². The van der Waals surface area contributed by atoms with Gasteiger partial charge in [-0.3, -0.25) is 4.79 Å². The molecule has 2 atom stereocenters. The van der Waals surface area contributed by atoms with E-state index in [1.54, 1.807) is 14.1 Å². The highest BCUT2D eigenvalue weighted by molar-refractivity contribution is 5.82. The molecule has 0 aromatic rings. The van der Waals surface area contributed by atoms with Crippen molar-refractivity contribution >= 4 is 5.91 Å². The molecular formula is C7H14N2O2. The summed E-state index contributed by atoms with van der Waals surface area (Å²) in [5.41, 5.74) is 0. The Morgan fingerprint density at radius 1 is 1.64 bits per heavy atom. The maximum atomic E-state index is 11.3. The second-order valence-corrected chi connectivity index (χ2v) is 3.02. The first-order chi connectivity index (χ1) is 5.13. The van der Waals surface area contributed by atoms with E-state index in [4.69, 9.17) is 0 Å². The molecule has 0 aromatic carbocycles. The van der Waals surface area contributed by atoms with E-state index < -0.39 is 6.10 Å². The second-order valence-electron chi connectivity index (χ2n) is 3.02. The number of rotatable bonds is 1. The normalized spacial score (nSPS) is 30.5. The molecule has 64 valence electrons. The van der Waals surface area contributed by atoms with Crippen LogP contribution in [0.2, 0.25) is 0 Å². The zero-order chi connectivity index (χ0) is 8.43. The molecule has 1 fully saturated rings. The van der Waals surface area contributed by atoms with Crippen LogP contribution in [0.5, 0.6) is 0 Å². The van der Waals surface area contributed by atoms with Gasteiger partial charge in [0.25, 0.3) is 0 Å². The summed E-state index contributed by atoms with van der Waals surface area (Å²) in [6, 6.07) is -0.384. The highest BCUT2D eigenvalue weighted by Crippen LogP contribution is 2.07. The summed E-state index contributed by atoms with van der Waals surface area (Å²) in [6.07, 6.45) is 0.162. The van der Waals surface area contributed by atoms with Gasteiger partial charge in [-0.1, -0.05) is 0 Å². The van der Waals surface area contributed by atoms with Crippen LogP contribution in [0.3, 0.4) is 0 Å². The molecule has 11 heavy (non-hydrogen) atoms. The number of aliphatic hydroxyl groups excluding tert-OH is 1. The topological polar surface area (TPSA) is 52.6 Å². The maximum absolute atomic E-state index is 11.3. The fourth-order valence-electron chi connectivity index (χ4n) is 1.22. The molecular weight excluding hydrogens is 144 g/mol. The van der Waals surface area contributed by atoms with Crippen molar-refractivity contribution < 1.29 is 9.90 Å². The second kappa shape index (κ2) is 3.19. The quantitative estimate of drug-likeness (QED) is 0.504. The van der Waals surface area contributed by atoms with E-state index in [9.17, 15) is 9.90 Å². The Morgan fingerprint density at radius 2 is 2.27 bits per heavy atom. The third-order valence-corrected chi connectivity index (χ3v) is 1.90. The molecule has 0 spiro atoms. The van der Waals surface area contributed by atoms with Gasteiger partial charge < -0.3 is 15.3 Å². The van der Waals surface area contributed by atoms with Crippen molar-refractivity contribution in [1.82, 2.24) is 10.2 Å². The average Bonchev–Trinajstić information content (AvgIpc) is 2.33. The third kappa shape index (κ3) is 1.70. The first kappa shape index (κ1) is 8.49. The molecule has 1 heterocycles. The van der Waals surface area contributed by atoms with E-state index in [2.05, 4.69) is 5.32 Å². The van der Waals surface area contributed by atoms with Gasteiger partial charge in [-0.15, -0.1) is 0 Å². The predicted molar refractivity (Wildman–Crippen MR) is 41.1 cm³/mol. The molecule has 0 radical (unpaired) electrons. The van der Waals surface area contributed by atoms with Crippen molar-refractivity contribution in [2.45, 2.75) is 18.6 Å². The Bertz CT molecular complexity index is 159. The number of amides is 1. The lowest BCUT2D eigenvalue weighted by molar-refractivity contribution is -0.132. The molecule has 0 aliphatic carbocycles. The molecule has 1 rings (SSSR count). The minimum absolute atomic E-state index is 0.0463. The maximum Gasteiger partial charge on any atom is 0.241 e. The fourth-order valence-corrected chi connectivity index (χ4v) is 1.22. The van der Waals surface area contributed by atoms with Gasteiger partial charge >= 0.3 is 0 Å². The van der Waals surface area contributed by atoms with Crippen LogP contribution in [0.4, 0.5) is 0 Å². The van der Waals surface area contributed by atoms with Gasteiger partial charge in [0.1, 0.15) is 6.04 Å². The van der Waals surface area contributed by atoms with Gasteiger partial charge in [-0.25, -0.2) is 0 Å². The summed E-state index contributed by atoms with van der Waals surface area (Å²) in [6.45, 7) is 0.728. The van der Waals surface area contributed by atoms with Crippen LogP contribution in [0.1, 0.15) is 6.42 Å². The van der Waals surface area contributed by atoms with Gasteiger partial charge in [0, 0.05) is 14.1 Å². The van der Waals surface area contributed by atoms with E-state index in [1.165, 1.54) is 4.90 Å². The lowest BCUT2D eigenvalue weighted by Gasteiger charge is -2.18. The van der Waals surface area contributed by atoms with E-state index in [0.717, 1.165) is 6.54 Å². The highest BCUT2D eigenvalue weighted by Gasteiger charge is 2.31. The van der Waals surface area contributed by atoms with Crippen LogP contribution in [0, 0.1) is 0 Å². The van der Waals surface area contributed by atoms with Crippen molar-refractivity contribution in [2.75, 3.05) is 20.6 Å². The zero-order valence-electron chi connectivity index (χ0n) is 6.87. The Kier molecular flexibility index (Phi) is 2.46.